The van der Waals surface area contributed by atoms with Gasteiger partial charge in [0.25, 0.3) is 0 Å². The molecule has 3 aliphatic rings. The number of aromatic nitrogens is 2. The molecule has 1 amide bonds. The molecule has 0 bridgehead atoms. The minimum absolute atomic E-state index is 0.00591. The van der Waals surface area contributed by atoms with Crippen LogP contribution in [0.25, 0.3) is 0 Å². The summed E-state index contributed by atoms with van der Waals surface area (Å²) < 4.78 is 30.8. The van der Waals surface area contributed by atoms with Gasteiger partial charge in [-0.3, -0.25) is 14.5 Å². The lowest BCUT2D eigenvalue weighted by atomic mass is 9.82. The Morgan fingerprint density at radius 2 is 1.62 bits per heavy atom. The molecule has 1 aromatic heterocycles. The van der Waals surface area contributed by atoms with Crippen LogP contribution in [0.2, 0.25) is 0 Å². The van der Waals surface area contributed by atoms with Crippen molar-refractivity contribution in [3.63, 3.8) is 0 Å². The third-order valence-electron chi connectivity index (χ3n) is 10.1. The fraction of sp³-hybridized carbons (Fsp3) is 0.657. The number of benzene rings is 1. The highest BCUT2D eigenvalue weighted by Crippen LogP contribution is 2.34. The zero-order valence-electron chi connectivity index (χ0n) is 28.0. The van der Waals surface area contributed by atoms with E-state index in [4.69, 9.17) is 5.11 Å². The maximum Gasteiger partial charge on any atom is 0.303 e. The predicted octanol–water partition coefficient (Wildman–Crippen LogP) is 5.58. The summed E-state index contributed by atoms with van der Waals surface area (Å²) in [7, 11) is 0. The first kappa shape index (κ1) is 34.8. The summed E-state index contributed by atoms with van der Waals surface area (Å²) >= 11 is 0. The van der Waals surface area contributed by atoms with Gasteiger partial charge in [0.05, 0.1) is 17.8 Å². The monoisotopic (exact) mass is 655 g/mol. The number of anilines is 3. The Labute approximate surface area is 277 Å². The normalized spacial score (nSPS) is 19.5. The number of nitrogens with zero attached hydrogens (tertiary/aromatic N) is 5. The largest absolute Gasteiger partial charge is 0.481 e. The third kappa shape index (κ3) is 9.74. The summed E-state index contributed by atoms with van der Waals surface area (Å²) in [5, 5.41) is 15.3. The second-order valence-electron chi connectivity index (χ2n) is 14.5. The Bertz CT molecular complexity index is 1370. The van der Waals surface area contributed by atoms with Gasteiger partial charge in [0.1, 0.15) is 29.6 Å². The molecule has 12 heteroatoms. The average Bonchev–Trinajstić information content (AvgIpc) is 3.03. The average molecular weight is 656 g/mol. The van der Waals surface area contributed by atoms with Crippen molar-refractivity contribution in [1.29, 1.82) is 0 Å². The molecule has 0 atom stereocenters. The summed E-state index contributed by atoms with van der Waals surface area (Å²) in [5.41, 5.74) is 0.260. The van der Waals surface area contributed by atoms with Crippen LogP contribution in [0.15, 0.2) is 24.5 Å². The van der Waals surface area contributed by atoms with Gasteiger partial charge in [-0.1, -0.05) is 39.5 Å². The lowest BCUT2D eigenvalue weighted by Crippen LogP contribution is -2.66. The van der Waals surface area contributed by atoms with Crippen molar-refractivity contribution in [3.05, 3.63) is 41.7 Å². The number of amides is 1. The van der Waals surface area contributed by atoms with Gasteiger partial charge < -0.3 is 25.5 Å². The van der Waals surface area contributed by atoms with E-state index in [0.717, 1.165) is 82.6 Å². The Morgan fingerprint density at radius 3 is 2.34 bits per heavy atom. The van der Waals surface area contributed by atoms with E-state index < -0.39 is 23.1 Å². The highest BCUT2D eigenvalue weighted by molar-refractivity contribution is 5.84. The van der Waals surface area contributed by atoms with Crippen LogP contribution in [0.1, 0.15) is 90.0 Å². The van der Waals surface area contributed by atoms with E-state index in [1.807, 2.05) is 6.07 Å². The highest BCUT2D eigenvalue weighted by atomic mass is 19.1. The Hall–Kier alpha value is -3.54. The molecule has 1 spiro atoms. The number of carbonyl (C=O) groups is 2. The van der Waals surface area contributed by atoms with E-state index in [1.165, 1.54) is 12.1 Å². The molecule has 258 valence electrons. The summed E-state index contributed by atoms with van der Waals surface area (Å²) in [4.78, 5) is 38.4. The molecule has 3 fully saturated rings. The zero-order valence-corrected chi connectivity index (χ0v) is 28.0. The van der Waals surface area contributed by atoms with Gasteiger partial charge in [0, 0.05) is 56.8 Å². The number of aliphatic carboxylic acids is 1. The Morgan fingerprint density at radius 1 is 0.915 bits per heavy atom. The molecule has 5 rings (SSSR count). The SMILES string of the molecule is CC1(C)CCN(Cc2cc(F)c(N3CC(=O)NC4(CCN(c5cc(NCCCCCCCCC(=O)O)ncn5)CC4)C3)cc2F)CC1. The molecule has 1 aromatic carbocycles. The molecular weight excluding hydrogens is 604 g/mol. The number of nitrogens with one attached hydrogen (secondary N) is 2. The van der Waals surface area contributed by atoms with Crippen LogP contribution < -0.4 is 20.4 Å². The maximum absolute atomic E-state index is 15.5. The second-order valence-corrected chi connectivity index (χ2v) is 14.5. The number of carboxylic acids is 1. The lowest BCUT2D eigenvalue weighted by Gasteiger charge is -2.48. The van der Waals surface area contributed by atoms with Crippen LogP contribution in [0.3, 0.4) is 0 Å². The van der Waals surface area contributed by atoms with Gasteiger partial charge in [-0.15, -0.1) is 0 Å². The van der Waals surface area contributed by atoms with E-state index in [0.29, 0.717) is 44.6 Å². The molecule has 0 saturated carbocycles. The first-order chi connectivity index (χ1) is 22.5. The summed E-state index contributed by atoms with van der Waals surface area (Å²) in [6.07, 6.45) is 11.1. The third-order valence-corrected chi connectivity index (χ3v) is 10.1. The fourth-order valence-electron chi connectivity index (χ4n) is 7.03. The van der Waals surface area contributed by atoms with Crippen LogP contribution in [0, 0.1) is 17.0 Å². The summed E-state index contributed by atoms with van der Waals surface area (Å²) in [6, 6.07) is 4.54. The number of halogens is 2. The second kappa shape index (κ2) is 15.6. The van der Waals surface area contributed by atoms with Crippen molar-refractivity contribution in [2.45, 2.75) is 96.6 Å². The van der Waals surface area contributed by atoms with Crippen molar-refractivity contribution >= 4 is 29.2 Å². The number of carboxylic acid groups (broad SMARTS) is 1. The van der Waals surface area contributed by atoms with Crippen LogP contribution in [0.4, 0.5) is 26.1 Å². The standard InChI is InChI=1S/C35H51F2N7O3/c1-34(2)10-15-42(16-11-34)22-26-19-28(37)29(20-27(26)36)44-23-32(45)41-35(24-44)12-17-43(18-13-35)31-21-30(39-25-40-31)38-14-8-6-4-3-5-7-9-33(46)47/h19-21,25H,3-18,22-24H2,1-2H3,(H,41,45)(H,46,47)(H,38,39,40). The lowest BCUT2D eigenvalue weighted by molar-refractivity contribution is -0.137. The molecule has 0 radical (unpaired) electrons. The number of likely N-dealkylation sites (tertiary alicyclic amines) is 1. The topological polar surface area (TPSA) is 114 Å². The molecule has 3 saturated heterocycles. The number of unbranched alkanes of at least 4 members (excludes halogenated alkanes) is 5. The molecule has 4 heterocycles. The van der Waals surface area contributed by atoms with Crippen molar-refractivity contribution in [2.75, 3.05) is 60.9 Å². The van der Waals surface area contributed by atoms with E-state index in [9.17, 15) is 9.59 Å². The number of rotatable bonds is 14. The smallest absolute Gasteiger partial charge is 0.303 e. The van der Waals surface area contributed by atoms with Gasteiger partial charge in [0.15, 0.2) is 0 Å². The van der Waals surface area contributed by atoms with E-state index in [2.05, 4.69) is 44.2 Å². The number of hydrogen-bond donors (Lipinski definition) is 3. The van der Waals surface area contributed by atoms with Gasteiger partial charge in [-0.25, -0.2) is 18.7 Å². The predicted molar refractivity (Wildman–Crippen MR) is 180 cm³/mol. The number of carbonyl (C=O) groups excluding carboxylic acids is 1. The molecular formula is C35H51F2N7O3. The maximum atomic E-state index is 15.5. The van der Waals surface area contributed by atoms with Crippen molar-refractivity contribution < 1.29 is 23.5 Å². The minimum atomic E-state index is -0.728. The van der Waals surface area contributed by atoms with E-state index >= 15 is 8.78 Å². The first-order valence-electron chi connectivity index (χ1n) is 17.3. The Kier molecular flexibility index (Phi) is 11.5. The van der Waals surface area contributed by atoms with Crippen LogP contribution >= 0.6 is 0 Å². The number of piperazine rings is 1. The number of piperidine rings is 2. The van der Waals surface area contributed by atoms with Crippen molar-refractivity contribution in [2.24, 2.45) is 5.41 Å². The minimum Gasteiger partial charge on any atom is -0.481 e. The van der Waals surface area contributed by atoms with Gasteiger partial charge in [-0.2, -0.15) is 0 Å². The van der Waals surface area contributed by atoms with Gasteiger partial charge in [0.2, 0.25) is 5.91 Å². The molecule has 47 heavy (non-hydrogen) atoms. The van der Waals surface area contributed by atoms with Crippen LogP contribution in [-0.2, 0) is 16.1 Å². The van der Waals surface area contributed by atoms with Gasteiger partial charge >= 0.3 is 5.97 Å². The summed E-state index contributed by atoms with van der Waals surface area (Å²) in [6.45, 7) is 9.15. The van der Waals surface area contributed by atoms with Crippen molar-refractivity contribution in [3.8, 4) is 0 Å². The zero-order chi connectivity index (χ0) is 33.4. The number of hydrogen-bond acceptors (Lipinski definition) is 8. The van der Waals surface area contributed by atoms with E-state index in [1.54, 1.807) is 11.2 Å². The molecule has 10 nitrogen and oxygen atoms in total. The van der Waals surface area contributed by atoms with E-state index in [-0.39, 0.29) is 30.0 Å². The Balaban J connectivity index is 1.11. The molecule has 3 aliphatic heterocycles. The first-order valence-corrected chi connectivity index (χ1v) is 17.3. The molecule has 2 aromatic rings. The highest BCUT2D eigenvalue weighted by Gasteiger charge is 2.42. The summed E-state index contributed by atoms with van der Waals surface area (Å²) in [5.74, 6) is -0.248. The molecule has 3 N–H and O–H groups in total. The fourth-order valence-corrected chi connectivity index (χ4v) is 7.03. The van der Waals surface area contributed by atoms with Crippen LogP contribution in [-0.4, -0.2) is 83.2 Å². The van der Waals surface area contributed by atoms with Crippen molar-refractivity contribution in [1.82, 2.24) is 20.2 Å². The van der Waals surface area contributed by atoms with Gasteiger partial charge in [-0.05, 0) is 63.1 Å². The molecule has 0 unspecified atom stereocenters. The quantitative estimate of drug-likeness (QED) is 0.225. The van der Waals surface area contributed by atoms with Crippen LogP contribution in [0.5, 0.6) is 0 Å². The molecule has 0 aliphatic carbocycles.